The van der Waals surface area contributed by atoms with Crippen LogP contribution in [0.5, 0.6) is 5.75 Å². The third-order valence-electron chi connectivity index (χ3n) is 7.36. The summed E-state index contributed by atoms with van der Waals surface area (Å²) >= 11 is 0. The summed E-state index contributed by atoms with van der Waals surface area (Å²) in [7, 11) is 1.65. The molecule has 10 nitrogen and oxygen atoms in total. The molecule has 1 fully saturated rings. The van der Waals surface area contributed by atoms with Gasteiger partial charge in [0, 0.05) is 55.4 Å². The van der Waals surface area contributed by atoms with E-state index in [0.717, 1.165) is 42.8 Å². The highest BCUT2D eigenvalue weighted by atomic mass is 16.5. The first-order valence-electron chi connectivity index (χ1n) is 13.1. The van der Waals surface area contributed by atoms with Gasteiger partial charge in [0.05, 0.1) is 19.8 Å². The summed E-state index contributed by atoms with van der Waals surface area (Å²) in [5.41, 5.74) is 5.08. The van der Waals surface area contributed by atoms with Crippen molar-refractivity contribution in [3.8, 4) is 5.75 Å². The van der Waals surface area contributed by atoms with Crippen LogP contribution in [0.4, 0.5) is 5.69 Å². The lowest BCUT2D eigenvalue weighted by atomic mass is 10.0. The largest absolute Gasteiger partial charge is 0.494 e. The van der Waals surface area contributed by atoms with Gasteiger partial charge in [0.1, 0.15) is 11.8 Å². The third-order valence-corrected chi connectivity index (χ3v) is 7.36. The van der Waals surface area contributed by atoms with E-state index >= 15 is 0 Å². The highest BCUT2D eigenvalue weighted by Gasteiger charge is 2.33. The number of benzene rings is 2. The Labute approximate surface area is 222 Å². The Kier molecular flexibility index (Phi) is 7.71. The van der Waals surface area contributed by atoms with Crippen molar-refractivity contribution in [3.63, 3.8) is 0 Å². The van der Waals surface area contributed by atoms with Gasteiger partial charge >= 0.3 is 0 Å². The second-order valence-electron chi connectivity index (χ2n) is 9.63. The zero-order valence-electron chi connectivity index (χ0n) is 22.5. The minimum Gasteiger partial charge on any atom is -0.494 e. The SMILES string of the molecule is CCOc1ccc2[nH]c(=O)c([C@H](c3nnnn3CCOC)N3CCN(c4cccc(C)c4C)CC3)cc2c1. The average Bonchev–Trinajstić information content (AvgIpc) is 3.38. The molecule has 0 spiro atoms. The topological polar surface area (TPSA) is 101 Å². The Hall–Kier alpha value is -3.76. The maximum atomic E-state index is 13.5. The maximum absolute atomic E-state index is 13.5. The molecule has 0 bridgehead atoms. The Morgan fingerprint density at radius 2 is 1.89 bits per heavy atom. The first-order valence-corrected chi connectivity index (χ1v) is 13.1. The van der Waals surface area contributed by atoms with Crippen LogP contribution >= 0.6 is 0 Å². The molecule has 1 N–H and O–H groups in total. The van der Waals surface area contributed by atoms with Gasteiger partial charge in [0.2, 0.25) is 0 Å². The van der Waals surface area contributed by atoms with E-state index in [1.165, 1.54) is 16.8 Å². The van der Waals surface area contributed by atoms with Gasteiger partial charge in [0.15, 0.2) is 5.82 Å². The first kappa shape index (κ1) is 25.9. The van der Waals surface area contributed by atoms with E-state index in [9.17, 15) is 4.79 Å². The van der Waals surface area contributed by atoms with Crippen LogP contribution in [-0.4, -0.2) is 76.6 Å². The number of aromatic amines is 1. The molecular weight excluding hydrogens is 482 g/mol. The normalized spacial score (nSPS) is 15.2. The van der Waals surface area contributed by atoms with Crippen molar-refractivity contribution in [2.75, 3.05) is 51.4 Å². The average molecular weight is 518 g/mol. The van der Waals surface area contributed by atoms with Gasteiger partial charge in [-0.05, 0) is 72.7 Å². The van der Waals surface area contributed by atoms with Gasteiger partial charge in [-0.1, -0.05) is 12.1 Å². The standard InChI is InChI=1S/C28H35N7O3/c1-5-38-22-9-10-24-21(17-22)18-23(28(36)29-24)26(27-30-31-32-35(27)15-16-37-4)34-13-11-33(12-14-34)25-8-6-7-19(2)20(25)3/h6-10,17-18,26H,5,11-16H2,1-4H3,(H,29,36)/t26-/m1/s1. The maximum Gasteiger partial charge on any atom is 0.253 e. The van der Waals surface area contributed by atoms with Crippen molar-refractivity contribution < 1.29 is 9.47 Å². The molecule has 0 radical (unpaired) electrons. The van der Waals surface area contributed by atoms with Crippen LogP contribution in [0.2, 0.25) is 0 Å². The minimum absolute atomic E-state index is 0.148. The van der Waals surface area contributed by atoms with Crippen molar-refractivity contribution in [3.05, 3.63) is 75.3 Å². The molecule has 1 saturated heterocycles. The number of tetrazole rings is 1. The third kappa shape index (κ3) is 5.14. The number of aromatic nitrogens is 5. The first-order chi connectivity index (χ1) is 18.5. The van der Waals surface area contributed by atoms with Crippen molar-refractivity contribution in [1.29, 1.82) is 0 Å². The number of nitrogens with one attached hydrogen (secondary N) is 1. The van der Waals surface area contributed by atoms with Gasteiger partial charge in [-0.25, -0.2) is 4.68 Å². The predicted molar refractivity (Wildman–Crippen MR) is 147 cm³/mol. The van der Waals surface area contributed by atoms with E-state index in [1.54, 1.807) is 11.8 Å². The van der Waals surface area contributed by atoms with E-state index in [-0.39, 0.29) is 5.56 Å². The van der Waals surface area contributed by atoms with Crippen molar-refractivity contribution in [2.24, 2.45) is 0 Å². The quantitative estimate of drug-likeness (QED) is 0.362. The summed E-state index contributed by atoms with van der Waals surface area (Å²) in [6.07, 6.45) is 0. The highest BCUT2D eigenvalue weighted by Crippen LogP contribution is 2.31. The zero-order valence-corrected chi connectivity index (χ0v) is 22.5. The van der Waals surface area contributed by atoms with Gasteiger partial charge in [-0.3, -0.25) is 9.69 Å². The molecule has 1 aliphatic heterocycles. The number of fused-ring (bicyclic) bond motifs is 1. The molecule has 10 heteroatoms. The molecule has 5 rings (SSSR count). The van der Waals surface area contributed by atoms with Crippen molar-refractivity contribution >= 4 is 16.6 Å². The smallest absolute Gasteiger partial charge is 0.253 e. The second kappa shape index (κ2) is 11.3. The number of rotatable bonds is 9. The van der Waals surface area contributed by atoms with Crippen LogP contribution in [0, 0.1) is 13.8 Å². The summed E-state index contributed by atoms with van der Waals surface area (Å²) in [6, 6.07) is 13.7. The molecule has 38 heavy (non-hydrogen) atoms. The van der Waals surface area contributed by atoms with Crippen molar-refractivity contribution in [2.45, 2.75) is 33.4 Å². The minimum atomic E-state index is -0.411. The lowest BCUT2D eigenvalue weighted by molar-refractivity contribution is 0.171. The number of ether oxygens (including phenoxy) is 2. The van der Waals surface area contributed by atoms with E-state index < -0.39 is 6.04 Å². The molecule has 200 valence electrons. The number of piperazine rings is 1. The number of hydrogen-bond donors (Lipinski definition) is 1. The van der Waals surface area contributed by atoms with Gasteiger partial charge < -0.3 is 19.4 Å². The number of H-pyrrole nitrogens is 1. The summed E-state index contributed by atoms with van der Waals surface area (Å²) in [5.74, 6) is 1.40. The number of hydrogen-bond acceptors (Lipinski definition) is 8. The monoisotopic (exact) mass is 517 g/mol. The Morgan fingerprint density at radius 3 is 2.66 bits per heavy atom. The molecule has 0 amide bonds. The van der Waals surface area contributed by atoms with E-state index in [1.807, 2.05) is 31.2 Å². The Bertz CT molecular complexity index is 1460. The molecule has 3 heterocycles. The Morgan fingerprint density at radius 1 is 1.08 bits per heavy atom. The van der Waals surface area contributed by atoms with Gasteiger partial charge in [-0.2, -0.15) is 0 Å². The highest BCUT2D eigenvalue weighted by molar-refractivity contribution is 5.80. The van der Waals surface area contributed by atoms with Gasteiger partial charge in [-0.15, -0.1) is 5.10 Å². The molecule has 0 aliphatic carbocycles. The lowest BCUT2D eigenvalue weighted by Crippen LogP contribution is -2.49. The summed E-state index contributed by atoms with van der Waals surface area (Å²) in [4.78, 5) is 21.3. The van der Waals surface area contributed by atoms with Crippen LogP contribution in [0.1, 0.15) is 35.5 Å². The number of aryl methyl sites for hydroxylation is 1. The molecular formula is C28H35N7O3. The van der Waals surface area contributed by atoms with Crippen LogP contribution in [0.15, 0.2) is 47.3 Å². The van der Waals surface area contributed by atoms with Crippen LogP contribution in [0.25, 0.3) is 10.9 Å². The van der Waals surface area contributed by atoms with Crippen molar-refractivity contribution in [1.82, 2.24) is 30.1 Å². The number of nitrogens with zero attached hydrogens (tertiary/aromatic N) is 6. The van der Waals surface area contributed by atoms with Crippen LogP contribution in [-0.2, 0) is 11.3 Å². The number of anilines is 1. The fraction of sp³-hybridized carbons (Fsp3) is 0.429. The molecule has 4 aromatic rings. The molecule has 0 unspecified atom stereocenters. The van der Waals surface area contributed by atoms with E-state index in [2.05, 4.69) is 62.4 Å². The lowest BCUT2D eigenvalue weighted by Gasteiger charge is -2.40. The molecule has 1 atom stereocenters. The molecule has 0 saturated carbocycles. The fourth-order valence-corrected chi connectivity index (χ4v) is 5.20. The second-order valence-corrected chi connectivity index (χ2v) is 9.63. The molecule has 2 aromatic heterocycles. The van der Waals surface area contributed by atoms with Crippen LogP contribution < -0.4 is 15.2 Å². The fourth-order valence-electron chi connectivity index (χ4n) is 5.20. The number of pyridine rings is 1. The van der Waals surface area contributed by atoms with E-state index in [4.69, 9.17) is 9.47 Å². The predicted octanol–water partition coefficient (Wildman–Crippen LogP) is 3.09. The van der Waals surface area contributed by atoms with E-state index in [0.29, 0.717) is 31.1 Å². The molecule has 1 aliphatic rings. The number of methoxy groups -OCH3 is 1. The van der Waals surface area contributed by atoms with Gasteiger partial charge in [0.25, 0.3) is 5.56 Å². The summed E-state index contributed by atoms with van der Waals surface area (Å²) in [6.45, 7) is 11.0. The van der Waals surface area contributed by atoms with Crippen LogP contribution in [0.3, 0.4) is 0 Å². The Balaban J connectivity index is 1.52. The summed E-state index contributed by atoms with van der Waals surface area (Å²) in [5, 5.41) is 13.5. The summed E-state index contributed by atoms with van der Waals surface area (Å²) < 4.78 is 12.7. The molecule has 2 aromatic carbocycles. The zero-order chi connectivity index (χ0) is 26.6.